The Morgan fingerprint density at radius 2 is 2.29 bits per heavy atom. The minimum absolute atomic E-state index is 0.106. The Bertz CT molecular complexity index is 223. The van der Waals surface area contributed by atoms with Crippen LogP contribution in [-0.4, -0.2) is 37.0 Å². The number of nitrogens with one attached hydrogen (secondary N) is 1. The Labute approximate surface area is 85.8 Å². The highest BCUT2D eigenvalue weighted by Crippen LogP contribution is 2.38. The van der Waals surface area contributed by atoms with E-state index in [1.807, 2.05) is 11.9 Å². The molecule has 1 amide bonds. The fraction of sp³-hybridized carbons (Fsp3) is 0.909. The molecule has 3 atom stereocenters. The van der Waals surface area contributed by atoms with E-state index in [2.05, 4.69) is 12.2 Å². The van der Waals surface area contributed by atoms with E-state index in [0.717, 1.165) is 37.8 Å². The van der Waals surface area contributed by atoms with Gasteiger partial charge in [-0.1, -0.05) is 6.92 Å². The van der Waals surface area contributed by atoms with Crippen molar-refractivity contribution in [3.05, 3.63) is 0 Å². The summed E-state index contributed by atoms with van der Waals surface area (Å²) in [5.74, 6) is 1.90. The number of carbonyl (C=O) groups excluding carboxylic acids is 1. The molecule has 1 aliphatic carbocycles. The van der Waals surface area contributed by atoms with Crippen LogP contribution in [-0.2, 0) is 4.79 Å². The molecular formula is C11H20N2O. The second kappa shape index (κ2) is 3.89. The number of likely N-dealkylation sites (N-methyl/N-ethyl adjacent to an activating group) is 1. The van der Waals surface area contributed by atoms with E-state index in [1.54, 1.807) is 0 Å². The lowest BCUT2D eigenvalue weighted by Gasteiger charge is -2.21. The summed E-state index contributed by atoms with van der Waals surface area (Å²) in [6, 6.07) is 0.106. The number of hydrogen-bond acceptors (Lipinski definition) is 2. The minimum atomic E-state index is 0.106. The quantitative estimate of drug-likeness (QED) is 0.726. The largest absolute Gasteiger partial charge is 0.344 e. The van der Waals surface area contributed by atoms with E-state index in [-0.39, 0.29) is 6.04 Å². The van der Waals surface area contributed by atoms with Gasteiger partial charge in [0.15, 0.2) is 0 Å². The number of hydrogen-bond donors (Lipinski definition) is 1. The second-order valence-electron chi connectivity index (χ2n) is 4.84. The van der Waals surface area contributed by atoms with Gasteiger partial charge < -0.3 is 10.2 Å². The molecular weight excluding hydrogens is 176 g/mol. The van der Waals surface area contributed by atoms with Crippen molar-refractivity contribution in [3.8, 4) is 0 Å². The van der Waals surface area contributed by atoms with Gasteiger partial charge in [-0.05, 0) is 37.6 Å². The van der Waals surface area contributed by atoms with Crippen LogP contribution in [0.25, 0.3) is 0 Å². The van der Waals surface area contributed by atoms with Gasteiger partial charge in [0.25, 0.3) is 0 Å². The Morgan fingerprint density at radius 3 is 2.79 bits per heavy atom. The third-order valence-corrected chi connectivity index (χ3v) is 3.52. The summed E-state index contributed by atoms with van der Waals surface area (Å²) in [4.78, 5) is 13.8. The van der Waals surface area contributed by atoms with Crippen molar-refractivity contribution in [3.63, 3.8) is 0 Å². The van der Waals surface area contributed by atoms with E-state index in [9.17, 15) is 4.79 Å². The van der Waals surface area contributed by atoms with Gasteiger partial charge in [0, 0.05) is 13.6 Å². The standard InChI is InChI=1S/C11H20N2O/c1-8-6-9(8)7-13(2)11(14)10-4-3-5-12-10/h8-10,12H,3-7H2,1-2H3/t8?,9?,10-/m0/s1. The third-order valence-electron chi connectivity index (χ3n) is 3.52. The van der Waals surface area contributed by atoms with E-state index in [1.165, 1.54) is 6.42 Å². The van der Waals surface area contributed by atoms with Gasteiger partial charge in [0.2, 0.25) is 5.91 Å². The van der Waals surface area contributed by atoms with Gasteiger partial charge in [-0.25, -0.2) is 0 Å². The first-order chi connectivity index (χ1) is 6.68. The Balaban J connectivity index is 1.78. The SMILES string of the molecule is CC1CC1CN(C)C(=O)[C@@H]1CCCN1. The lowest BCUT2D eigenvalue weighted by atomic mass is 10.2. The van der Waals surface area contributed by atoms with Crippen LogP contribution >= 0.6 is 0 Å². The van der Waals surface area contributed by atoms with Crippen LogP contribution in [0.4, 0.5) is 0 Å². The molecule has 1 aliphatic heterocycles. The average molecular weight is 196 g/mol. The highest BCUT2D eigenvalue weighted by molar-refractivity contribution is 5.81. The number of rotatable bonds is 3. The molecule has 0 aromatic heterocycles. The topological polar surface area (TPSA) is 32.3 Å². The summed E-state index contributed by atoms with van der Waals surface area (Å²) >= 11 is 0. The highest BCUT2D eigenvalue weighted by atomic mass is 16.2. The van der Waals surface area contributed by atoms with Crippen LogP contribution in [0.5, 0.6) is 0 Å². The highest BCUT2D eigenvalue weighted by Gasteiger charge is 2.35. The van der Waals surface area contributed by atoms with Crippen LogP contribution in [0.15, 0.2) is 0 Å². The van der Waals surface area contributed by atoms with Gasteiger partial charge in [-0.2, -0.15) is 0 Å². The number of amides is 1. The number of nitrogens with zero attached hydrogens (tertiary/aromatic N) is 1. The predicted octanol–water partition coefficient (Wildman–Crippen LogP) is 0.853. The summed E-state index contributed by atoms with van der Waals surface area (Å²) in [6.45, 7) is 4.22. The summed E-state index contributed by atoms with van der Waals surface area (Å²) in [6.07, 6.45) is 3.46. The molecule has 0 aromatic rings. The van der Waals surface area contributed by atoms with Crippen molar-refractivity contribution < 1.29 is 4.79 Å². The maximum Gasteiger partial charge on any atom is 0.239 e. The molecule has 2 fully saturated rings. The summed E-state index contributed by atoms with van der Waals surface area (Å²) in [5.41, 5.74) is 0. The molecule has 2 aliphatic rings. The van der Waals surface area contributed by atoms with Gasteiger partial charge in [-0.15, -0.1) is 0 Å². The van der Waals surface area contributed by atoms with Crippen LogP contribution < -0.4 is 5.32 Å². The Kier molecular flexibility index (Phi) is 2.77. The van der Waals surface area contributed by atoms with Gasteiger partial charge in [0.1, 0.15) is 0 Å². The number of carbonyl (C=O) groups is 1. The first kappa shape index (κ1) is 9.97. The van der Waals surface area contributed by atoms with E-state index >= 15 is 0 Å². The van der Waals surface area contributed by atoms with Crippen molar-refractivity contribution in [2.24, 2.45) is 11.8 Å². The molecule has 2 rings (SSSR count). The second-order valence-corrected chi connectivity index (χ2v) is 4.84. The normalized spacial score (nSPS) is 35.7. The van der Waals surface area contributed by atoms with Gasteiger partial charge in [0.05, 0.1) is 6.04 Å². The summed E-state index contributed by atoms with van der Waals surface area (Å²) in [7, 11) is 1.94. The fourth-order valence-corrected chi connectivity index (χ4v) is 2.26. The lowest BCUT2D eigenvalue weighted by Crippen LogP contribution is -2.42. The molecule has 2 unspecified atom stereocenters. The molecule has 0 radical (unpaired) electrons. The van der Waals surface area contributed by atoms with Gasteiger partial charge >= 0.3 is 0 Å². The average Bonchev–Trinajstić information content (AvgIpc) is 2.72. The lowest BCUT2D eigenvalue weighted by molar-refractivity contribution is -0.132. The molecule has 0 aromatic carbocycles. The van der Waals surface area contributed by atoms with Crippen molar-refractivity contribution in [2.75, 3.05) is 20.1 Å². The first-order valence-corrected chi connectivity index (χ1v) is 5.67. The maximum absolute atomic E-state index is 11.9. The molecule has 14 heavy (non-hydrogen) atoms. The zero-order valence-corrected chi connectivity index (χ0v) is 9.12. The summed E-state index contributed by atoms with van der Waals surface area (Å²) < 4.78 is 0. The molecule has 1 saturated heterocycles. The molecule has 3 heteroatoms. The van der Waals surface area contributed by atoms with Crippen LogP contribution in [0, 0.1) is 11.8 Å². The van der Waals surface area contributed by atoms with Crippen molar-refractivity contribution in [1.82, 2.24) is 10.2 Å². The molecule has 1 saturated carbocycles. The summed E-state index contributed by atoms with van der Waals surface area (Å²) in [5, 5.41) is 3.25. The molecule has 0 spiro atoms. The Morgan fingerprint density at radius 1 is 1.57 bits per heavy atom. The van der Waals surface area contributed by atoms with E-state index in [4.69, 9.17) is 0 Å². The smallest absolute Gasteiger partial charge is 0.239 e. The van der Waals surface area contributed by atoms with E-state index in [0.29, 0.717) is 5.91 Å². The van der Waals surface area contributed by atoms with E-state index < -0.39 is 0 Å². The zero-order valence-electron chi connectivity index (χ0n) is 9.12. The molecule has 3 nitrogen and oxygen atoms in total. The zero-order chi connectivity index (χ0) is 10.1. The molecule has 0 bridgehead atoms. The van der Waals surface area contributed by atoms with Crippen LogP contribution in [0.3, 0.4) is 0 Å². The van der Waals surface area contributed by atoms with Crippen LogP contribution in [0.2, 0.25) is 0 Å². The molecule has 1 N–H and O–H groups in total. The Hall–Kier alpha value is -0.570. The first-order valence-electron chi connectivity index (χ1n) is 5.67. The maximum atomic E-state index is 11.9. The third kappa shape index (κ3) is 2.08. The minimum Gasteiger partial charge on any atom is -0.344 e. The van der Waals surface area contributed by atoms with Crippen molar-refractivity contribution >= 4 is 5.91 Å². The molecule has 1 heterocycles. The monoisotopic (exact) mass is 196 g/mol. The van der Waals surface area contributed by atoms with Crippen LogP contribution in [0.1, 0.15) is 26.2 Å². The van der Waals surface area contributed by atoms with Crippen molar-refractivity contribution in [2.45, 2.75) is 32.2 Å². The molecule has 80 valence electrons. The fourth-order valence-electron chi connectivity index (χ4n) is 2.26. The predicted molar refractivity (Wildman–Crippen MR) is 55.9 cm³/mol. The van der Waals surface area contributed by atoms with Crippen molar-refractivity contribution in [1.29, 1.82) is 0 Å². The van der Waals surface area contributed by atoms with Gasteiger partial charge in [-0.3, -0.25) is 4.79 Å².